The maximum Gasteiger partial charge on any atom is 0.412 e. The quantitative estimate of drug-likeness (QED) is 0.499. The Hall–Kier alpha value is -3.09. The molecule has 0 fully saturated rings. The van der Waals surface area contributed by atoms with Gasteiger partial charge < -0.3 is 20.9 Å². The predicted octanol–water partition coefficient (Wildman–Crippen LogP) is 1.48. The molecule has 0 atom stereocenters. The van der Waals surface area contributed by atoms with E-state index in [4.69, 9.17) is 16.2 Å². The number of carbonyl (C=O) groups excluding carboxylic acids is 2. The van der Waals surface area contributed by atoms with Crippen molar-refractivity contribution in [3.63, 3.8) is 0 Å². The molecule has 1 amide bonds. The molecular formula is C14H13N3O4. The van der Waals surface area contributed by atoms with E-state index in [9.17, 15) is 9.59 Å². The standard InChI is InChI=1S/C14H13N3O4/c15-10-2-1-3-11(7-10)20-8-9-4-5-17-12(6-9)13(18)21-14(16)19/h1-7H,8,15H2,(H2,16,19). The number of amides is 1. The highest BCUT2D eigenvalue weighted by molar-refractivity contribution is 5.94. The van der Waals surface area contributed by atoms with Crippen LogP contribution in [0.4, 0.5) is 10.5 Å². The number of hydrogen-bond acceptors (Lipinski definition) is 6. The molecule has 1 heterocycles. The van der Waals surface area contributed by atoms with Crippen LogP contribution in [0.2, 0.25) is 0 Å². The molecule has 0 radical (unpaired) electrons. The fourth-order valence-corrected chi connectivity index (χ4v) is 1.59. The highest BCUT2D eigenvalue weighted by Crippen LogP contribution is 2.16. The third-order valence-corrected chi connectivity index (χ3v) is 2.49. The topological polar surface area (TPSA) is 118 Å². The molecule has 0 bridgehead atoms. The molecule has 108 valence electrons. The molecule has 0 saturated heterocycles. The van der Waals surface area contributed by atoms with Gasteiger partial charge in [-0.1, -0.05) is 6.07 Å². The Bertz CT molecular complexity index is 673. The fraction of sp³-hybridized carbons (Fsp3) is 0.0714. The zero-order chi connectivity index (χ0) is 15.2. The summed E-state index contributed by atoms with van der Waals surface area (Å²) >= 11 is 0. The van der Waals surface area contributed by atoms with Crippen LogP contribution >= 0.6 is 0 Å². The lowest BCUT2D eigenvalue weighted by molar-refractivity contribution is 0.0632. The molecule has 1 aromatic carbocycles. The number of nitrogens with two attached hydrogens (primary N) is 2. The van der Waals surface area contributed by atoms with Gasteiger partial charge in [-0.3, -0.25) is 0 Å². The zero-order valence-electron chi connectivity index (χ0n) is 11.0. The summed E-state index contributed by atoms with van der Waals surface area (Å²) in [4.78, 5) is 25.8. The second-order valence-electron chi connectivity index (χ2n) is 4.12. The van der Waals surface area contributed by atoms with Gasteiger partial charge in [0.05, 0.1) is 0 Å². The van der Waals surface area contributed by atoms with E-state index in [2.05, 4.69) is 9.72 Å². The van der Waals surface area contributed by atoms with Crippen LogP contribution in [0.1, 0.15) is 16.1 Å². The van der Waals surface area contributed by atoms with Crippen molar-refractivity contribution in [3.8, 4) is 5.75 Å². The number of nitrogen functional groups attached to an aromatic ring is 1. The van der Waals surface area contributed by atoms with Gasteiger partial charge in [-0.25, -0.2) is 14.6 Å². The third-order valence-electron chi connectivity index (χ3n) is 2.49. The predicted molar refractivity (Wildman–Crippen MR) is 74.4 cm³/mol. The number of esters is 1. The molecule has 0 spiro atoms. The van der Waals surface area contributed by atoms with Crippen molar-refractivity contribution in [2.75, 3.05) is 5.73 Å². The van der Waals surface area contributed by atoms with Gasteiger partial charge in [0.15, 0.2) is 0 Å². The number of ether oxygens (including phenoxy) is 2. The summed E-state index contributed by atoms with van der Waals surface area (Å²) in [6.45, 7) is 0.211. The van der Waals surface area contributed by atoms with Crippen LogP contribution < -0.4 is 16.2 Å². The van der Waals surface area contributed by atoms with E-state index in [0.29, 0.717) is 17.0 Å². The molecule has 0 saturated carbocycles. The number of pyridine rings is 1. The van der Waals surface area contributed by atoms with E-state index in [1.165, 1.54) is 12.3 Å². The molecule has 2 aromatic rings. The number of anilines is 1. The lowest BCUT2D eigenvalue weighted by Crippen LogP contribution is -2.19. The van der Waals surface area contributed by atoms with Crippen LogP contribution in [0.15, 0.2) is 42.6 Å². The van der Waals surface area contributed by atoms with Crippen molar-refractivity contribution >= 4 is 17.7 Å². The van der Waals surface area contributed by atoms with Gasteiger partial charge in [-0.05, 0) is 29.8 Å². The van der Waals surface area contributed by atoms with Crippen molar-refractivity contribution in [2.45, 2.75) is 6.61 Å². The van der Waals surface area contributed by atoms with Crippen LogP contribution in [0.25, 0.3) is 0 Å². The molecule has 0 aliphatic carbocycles. The van der Waals surface area contributed by atoms with Gasteiger partial charge in [0.25, 0.3) is 0 Å². The lowest BCUT2D eigenvalue weighted by Gasteiger charge is -2.07. The minimum atomic E-state index is -1.18. The molecule has 0 aliphatic rings. The maximum absolute atomic E-state index is 11.5. The number of benzene rings is 1. The number of hydrogen-bond donors (Lipinski definition) is 2. The summed E-state index contributed by atoms with van der Waals surface area (Å²) in [7, 11) is 0. The van der Waals surface area contributed by atoms with Crippen LogP contribution in [0.3, 0.4) is 0 Å². The molecule has 2 rings (SSSR count). The first-order valence-corrected chi connectivity index (χ1v) is 5.99. The SMILES string of the molecule is NC(=O)OC(=O)c1cc(COc2cccc(N)c2)ccn1. The van der Waals surface area contributed by atoms with Gasteiger partial charge in [0.1, 0.15) is 18.1 Å². The van der Waals surface area contributed by atoms with E-state index in [-0.39, 0.29) is 12.3 Å². The van der Waals surface area contributed by atoms with E-state index >= 15 is 0 Å². The third kappa shape index (κ3) is 4.20. The normalized spacial score (nSPS) is 9.90. The Labute approximate surface area is 120 Å². The molecule has 4 N–H and O–H groups in total. The minimum Gasteiger partial charge on any atom is -0.489 e. The molecular weight excluding hydrogens is 274 g/mol. The lowest BCUT2D eigenvalue weighted by atomic mass is 10.2. The van der Waals surface area contributed by atoms with Crippen LogP contribution in [-0.4, -0.2) is 17.0 Å². The number of nitrogens with zero attached hydrogens (tertiary/aromatic N) is 1. The second-order valence-corrected chi connectivity index (χ2v) is 4.12. The summed E-state index contributed by atoms with van der Waals surface area (Å²) < 4.78 is 9.79. The van der Waals surface area contributed by atoms with Crippen molar-refractivity contribution in [1.82, 2.24) is 4.98 Å². The van der Waals surface area contributed by atoms with Crippen molar-refractivity contribution in [1.29, 1.82) is 0 Å². The van der Waals surface area contributed by atoms with Crippen LogP contribution in [0.5, 0.6) is 5.75 Å². The Morgan fingerprint density at radius 2 is 2.00 bits per heavy atom. The molecule has 0 aliphatic heterocycles. The Morgan fingerprint density at radius 3 is 2.71 bits per heavy atom. The van der Waals surface area contributed by atoms with E-state index < -0.39 is 12.1 Å². The first-order chi connectivity index (χ1) is 10.0. The Morgan fingerprint density at radius 1 is 1.19 bits per heavy atom. The largest absolute Gasteiger partial charge is 0.489 e. The van der Waals surface area contributed by atoms with Crippen molar-refractivity contribution in [3.05, 3.63) is 53.9 Å². The Balaban J connectivity index is 2.04. The number of rotatable bonds is 4. The van der Waals surface area contributed by atoms with Crippen molar-refractivity contribution < 1.29 is 19.1 Å². The molecule has 21 heavy (non-hydrogen) atoms. The molecule has 1 aromatic heterocycles. The van der Waals surface area contributed by atoms with Crippen molar-refractivity contribution in [2.24, 2.45) is 5.73 Å². The number of primary amides is 1. The monoisotopic (exact) mass is 287 g/mol. The zero-order valence-corrected chi connectivity index (χ0v) is 11.0. The first-order valence-electron chi connectivity index (χ1n) is 5.99. The molecule has 7 heteroatoms. The smallest absolute Gasteiger partial charge is 0.412 e. The summed E-state index contributed by atoms with van der Waals surface area (Å²) in [5, 5.41) is 0. The van der Waals surface area contributed by atoms with Crippen LogP contribution in [0, 0.1) is 0 Å². The highest BCUT2D eigenvalue weighted by atomic mass is 16.6. The molecule has 0 unspecified atom stereocenters. The van der Waals surface area contributed by atoms with E-state index in [1.807, 2.05) is 0 Å². The van der Waals surface area contributed by atoms with E-state index in [0.717, 1.165) is 0 Å². The summed E-state index contributed by atoms with van der Waals surface area (Å²) in [6.07, 6.45) is 0.235. The van der Waals surface area contributed by atoms with Gasteiger partial charge in [-0.15, -0.1) is 0 Å². The average Bonchev–Trinajstić information content (AvgIpc) is 2.45. The maximum atomic E-state index is 11.5. The van der Waals surface area contributed by atoms with E-state index in [1.54, 1.807) is 30.3 Å². The number of aromatic nitrogens is 1. The summed E-state index contributed by atoms with van der Waals surface area (Å²) in [5.74, 6) is -0.304. The Kier molecular flexibility index (Phi) is 4.35. The average molecular weight is 287 g/mol. The van der Waals surface area contributed by atoms with Gasteiger partial charge >= 0.3 is 12.1 Å². The minimum absolute atomic E-state index is 0.0255. The van der Waals surface area contributed by atoms with Crippen LogP contribution in [-0.2, 0) is 11.3 Å². The summed E-state index contributed by atoms with van der Waals surface area (Å²) in [5.41, 5.74) is 11.7. The van der Waals surface area contributed by atoms with Gasteiger partial charge in [0, 0.05) is 18.0 Å². The highest BCUT2D eigenvalue weighted by Gasteiger charge is 2.12. The molecule has 7 nitrogen and oxygen atoms in total. The number of carbonyl (C=O) groups is 2. The van der Waals surface area contributed by atoms with Gasteiger partial charge in [-0.2, -0.15) is 0 Å². The summed E-state index contributed by atoms with van der Waals surface area (Å²) in [6, 6.07) is 10.1. The first kappa shape index (κ1) is 14.3. The fourth-order valence-electron chi connectivity index (χ4n) is 1.59. The second kappa shape index (κ2) is 6.38. The van der Waals surface area contributed by atoms with Gasteiger partial charge in [0.2, 0.25) is 0 Å².